The lowest BCUT2D eigenvalue weighted by Gasteiger charge is -2.29. The summed E-state index contributed by atoms with van der Waals surface area (Å²) in [6, 6.07) is 49.2. The number of para-hydroxylation sites is 2. The Morgan fingerprint density at radius 1 is 0.505 bits per heavy atom. The molecule has 14 nitrogen and oxygen atoms in total. The van der Waals surface area contributed by atoms with Gasteiger partial charge in [-0.25, -0.2) is 9.59 Å². The fraction of sp³-hybridized carbons (Fsp3) is 0.392. The second-order valence-corrected chi connectivity index (χ2v) is 25.3. The molecule has 1 saturated heterocycles. The van der Waals surface area contributed by atoms with Crippen LogP contribution in [0, 0.1) is 13.8 Å². The van der Waals surface area contributed by atoms with Crippen LogP contribution in [0.2, 0.25) is 0 Å². The molecule has 494 valence electrons. The number of ether oxygens (including phenoxy) is 9. The second-order valence-electron chi connectivity index (χ2n) is 25.3. The number of benzene rings is 7. The molecule has 0 spiro atoms. The summed E-state index contributed by atoms with van der Waals surface area (Å²) in [6.45, 7) is 26.6. The zero-order valence-corrected chi connectivity index (χ0v) is 56.7. The van der Waals surface area contributed by atoms with Crippen molar-refractivity contribution in [2.75, 3.05) is 33.0 Å². The van der Waals surface area contributed by atoms with Crippen LogP contribution in [0.15, 0.2) is 158 Å². The first-order valence-corrected chi connectivity index (χ1v) is 33.1. The van der Waals surface area contributed by atoms with Gasteiger partial charge >= 0.3 is 12.2 Å². The topological polar surface area (TPSA) is 146 Å². The molecule has 9 rings (SSSR count). The van der Waals surface area contributed by atoms with Crippen molar-refractivity contribution in [2.45, 2.75) is 171 Å². The minimum Gasteiger partial charge on any atom is -0.507 e. The Bertz CT molecular complexity index is 3710. The van der Waals surface area contributed by atoms with Crippen molar-refractivity contribution >= 4 is 12.2 Å². The summed E-state index contributed by atoms with van der Waals surface area (Å²) < 4.78 is 56.9. The van der Waals surface area contributed by atoms with E-state index in [1.807, 2.05) is 195 Å². The Balaban J connectivity index is 0.000000242. The molecule has 0 bridgehead atoms. The van der Waals surface area contributed by atoms with Gasteiger partial charge in [-0.1, -0.05) is 119 Å². The number of rotatable bonds is 27. The van der Waals surface area contributed by atoms with E-state index >= 15 is 0 Å². The Labute approximate surface area is 551 Å². The number of phenolic OH excluding ortho intramolecular Hbond substituents is 1. The SMILES string of the molecule is CCCc1c(OCCCOc2cc(O)c(C3CCCN3C(=O)OC(C)(C)C)cc2CC)cccc1Oc1ccccc1C.CCCc1c(OCCCOc2cc(OCc3ccccc3)c(-c3cccn3C(=O)OC(C)(C)C)cc2CC)cccc1Oc1ccccc1C. The third kappa shape index (κ3) is 19.7. The van der Waals surface area contributed by atoms with E-state index in [9.17, 15) is 14.7 Å². The number of amides is 1. The lowest BCUT2D eigenvalue weighted by Crippen LogP contribution is -2.36. The van der Waals surface area contributed by atoms with Crippen LogP contribution in [0.4, 0.5) is 9.59 Å². The smallest absolute Gasteiger partial charge is 0.418 e. The molecule has 93 heavy (non-hydrogen) atoms. The van der Waals surface area contributed by atoms with E-state index in [2.05, 4.69) is 33.8 Å². The number of hydrogen-bond acceptors (Lipinski definition) is 12. The van der Waals surface area contributed by atoms with Crippen molar-refractivity contribution in [1.29, 1.82) is 0 Å². The Hall–Kier alpha value is -9.04. The Morgan fingerprint density at radius 3 is 1.52 bits per heavy atom. The number of hydrogen-bond donors (Lipinski definition) is 1. The Kier molecular flexibility index (Phi) is 25.2. The van der Waals surface area contributed by atoms with Gasteiger partial charge in [0, 0.05) is 60.0 Å². The monoisotopic (exact) mass is 1260 g/mol. The quantitative estimate of drug-likeness (QED) is 0.0489. The molecule has 1 unspecified atom stereocenters. The molecule has 1 fully saturated rings. The first kappa shape index (κ1) is 69.8. The summed E-state index contributed by atoms with van der Waals surface area (Å²) in [6.07, 6.45) is 9.06. The van der Waals surface area contributed by atoms with Gasteiger partial charge in [0.15, 0.2) is 0 Å². The fourth-order valence-corrected chi connectivity index (χ4v) is 11.1. The molecule has 14 heteroatoms. The number of phenols is 1. The highest BCUT2D eigenvalue weighted by molar-refractivity contribution is 5.81. The van der Waals surface area contributed by atoms with Gasteiger partial charge in [0.2, 0.25) is 0 Å². The van der Waals surface area contributed by atoms with Gasteiger partial charge in [-0.05, 0) is 182 Å². The molecule has 7 aromatic carbocycles. The van der Waals surface area contributed by atoms with Crippen LogP contribution in [0.5, 0.6) is 57.5 Å². The van der Waals surface area contributed by atoms with E-state index in [4.69, 9.17) is 42.6 Å². The summed E-state index contributed by atoms with van der Waals surface area (Å²) in [4.78, 5) is 27.7. The van der Waals surface area contributed by atoms with Gasteiger partial charge in [0.25, 0.3) is 0 Å². The van der Waals surface area contributed by atoms with Crippen molar-refractivity contribution in [3.05, 3.63) is 202 Å². The standard InChI is InChI=1S/C43H49NO6.C36H47NO6/c1-7-17-34-38(23-14-24-39(34)49-37-22-13-12-18-31(37)3)46-26-16-27-47-40-29-41(48-30-32-19-10-9-11-20-32)35(28-33(40)8-2)36-21-15-25-44(36)42(45)50-43(4,5)6;1-7-14-27-32(18-11-19-33(27)42-31-17-10-9-15-25(31)3)40-21-13-22-41-34-24-30(38)28(23-26(34)8-2)29-16-12-20-37(29)35(39)43-36(4,5)6/h9-15,18-25,28-29H,7-8,16-17,26-27,30H2,1-6H3;9-11,15,17-19,23-24,29,38H,7-8,12-14,16,20-22H2,1-6H3. The number of aromatic hydroxyl groups is 1. The lowest BCUT2D eigenvalue weighted by atomic mass is 9.99. The van der Waals surface area contributed by atoms with E-state index < -0.39 is 17.3 Å². The molecule has 1 atom stereocenters. The van der Waals surface area contributed by atoms with Crippen LogP contribution >= 0.6 is 0 Å². The minimum atomic E-state index is -0.628. The summed E-state index contributed by atoms with van der Waals surface area (Å²) in [7, 11) is 0. The molecule has 2 heterocycles. The lowest BCUT2D eigenvalue weighted by molar-refractivity contribution is 0.0222. The molecule has 0 saturated carbocycles. The van der Waals surface area contributed by atoms with Gasteiger partial charge < -0.3 is 52.6 Å². The maximum atomic E-state index is 13.2. The third-order valence-electron chi connectivity index (χ3n) is 15.6. The van der Waals surface area contributed by atoms with E-state index in [0.717, 1.165) is 142 Å². The van der Waals surface area contributed by atoms with Crippen LogP contribution < -0.4 is 33.2 Å². The second kappa shape index (κ2) is 33.5. The van der Waals surface area contributed by atoms with Gasteiger partial charge in [0.1, 0.15) is 75.3 Å². The van der Waals surface area contributed by atoms with Crippen molar-refractivity contribution in [3.63, 3.8) is 0 Å². The summed E-state index contributed by atoms with van der Waals surface area (Å²) in [5, 5.41) is 11.0. The average Bonchev–Trinajstić information content (AvgIpc) is 1.79. The minimum absolute atomic E-state index is 0.138. The highest BCUT2D eigenvalue weighted by atomic mass is 16.6. The molecule has 1 aliphatic rings. The number of aromatic nitrogens is 1. The van der Waals surface area contributed by atoms with Crippen molar-refractivity contribution in [3.8, 4) is 68.8 Å². The van der Waals surface area contributed by atoms with Gasteiger partial charge in [-0.3, -0.25) is 4.57 Å². The average molecular weight is 1270 g/mol. The predicted octanol–water partition coefficient (Wildman–Crippen LogP) is 19.9. The van der Waals surface area contributed by atoms with E-state index in [1.54, 1.807) is 17.2 Å². The molecule has 8 aromatic rings. The van der Waals surface area contributed by atoms with Gasteiger partial charge in [-0.15, -0.1) is 0 Å². The third-order valence-corrected chi connectivity index (χ3v) is 15.6. The number of aryl methyl sites for hydroxylation is 4. The first-order valence-electron chi connectivity index (χ1n) is 33.1. The zero-order valence-electron chi connectivity index (χ0n) is 56.7. The first-order chi connectivity index (χ1) is 44.8. The fourth-order valence-electron chi connectivity index (χ4n) is 11.1. The largest absolute Gasteiger partial charge is 0.507 e. The summed E-state index contributed by atoms with van der Waals surface area (Å²) in [5.74, 6) is 7.16. The number of likely N-dealkylation sites (tertiary alicyclic amines) is 1. The normalized spacial score (nSPS) is 12.9. The molecule has 0 radical (unpaired) electrons. The van der Waals surface area contributed by atoms with Crippen LogP contribution in [0.3, 0.4) is 0 Å². The molecule has 1 N–H and O–H groups in total. The van der Waals surface area contributed by atoms with E-state index in [-0.39, 0.29) is 17.9 Å². The highest BCUT2D eigenvalue weighted by Crippen LogP contribution is 2.43. The Morgan fingerprint density at radius 2 is 0.989 bits per heavy atom. The van der Waals surface area contributed by atoms with Gasteiger partial charge in [-0.2, -0.15) is 0 Å². The summed E-state index contributed by atoms with van der Waals surface area (Å²) in [5.41, 5.74) is 8.37. The maximum absolute atomic E-state index is 13.2. The van der Waals surface area contributed by atoms with Gasteiger partial charge in [0.05, 0.1) is 38.2 Å². The van der Waals surface area contributed by atoms with Crippen LogP contribution in [0.25, 0.3) is 11.3 Å². The van der Waals surface area contributed by atoms with Crippen molar-refractivity contribution in [2.24, 2.45) is 0 Å². The zero-order chi connectivity index (χ0) is 66.5. The highest BCUT2D eigenvalue weighted by Gasteiger charge is 2.35. The summed E-state index contributed by atoms with van der Waals surface area (Å²) >= 11 is 0. The predicted molar refractivity (Wildman–Crippen MR) is 369 cm³/mol. The van der Waals surface area contributed by atoms with Crippen LogP contribution in [0.1, 0.15) is 158 Å². The molecular weight excluding hydrogens is 1170 g/mol. The number of carbonyl (C=O) groups excluding carboxylic acids is 2. The number of nitrogens with zero attached hydrogens (tertiary/aromatic N) is 2. The van der Waals surface area contributed by atoms with Crippen LogP contribution in [-0.4, -0.2) is 70.9 Å². The molecule has 1 aliphatic heterocycles. The molecular formula is C79H96N2O12. The van der Waals surface area contributed by atoms with E-state index in [1.165, 1.54) is 4.57 Å². The van der Waals surface area contributed by atoms with Crippen molar-refractivity contribution in [1.82, 2.24) is 9.47 Å². The maximum Gasteiger partial charge on any atom is 0.418 e. The van der Waals surface area contributed by atoms with Crippen LogP contribution in [-0.2, 0) is 41.8 Å². The molecule has 0 aliphatic carbocycles. The number of carbonyl (C=O) groups is 2. The molecule has 1 aromatic heterocycles. The van der Waals surface area contributed by atoms with E-state index in [0.29, 0.717) is 69.6 Å². The van der Waals surface area contributed by atoms with Crippen molar-refractivity contribution < 1.29 is 57.3 Å². The molecule has 1 amide bonds.